The third kappa shape index (κ3) is 2.58. The van der Waals surface area contributed by atoms with Crippen molar-refractivity contribution in [1.82, 2.24) is 15.1 Å². The average Bonchev–Trinajstić information content (AvgIpc) is 2.85. The van der Waals surface area contributed by atoms with E-state index in [-0.39, 0.29) is 0 Å². The van der Waals surface area contributed by atoms with E-state index < -0.39 is 0 Å². The summed E-state index contributed by atoms with van der Waals surface area (Å²) >= 11 is 1.80. The molecule has 0 unspecified atom stereocenters. The molecule has 0 aliphatic rings. The number of aromatic nitrogens is 2. The van der Waals surface area contributed by atoms with E-state index in [1.165, 1.54) is 16.0 Å². The fraction of sp³-hybridized carbons (Fsp3) is 0.462. The maximum atomic E-state index is 4.55. The zero-order valence-corrected chi connectivity index (χ0v) is 11.6. The normalized spacial score (nSPS) is 11.4. The Hall–Kier alpha value is -1.13. The van der Waals surface area contributed by atoms with Crippen molar-refractivity contribution in [1.29, 1.82) is 0 Å². The number of thiophene rings is 1. The highest BCUT2D eigenvalue weighted by Crippen LogP contribution is 2.28. The Morgan fingerprint density at radius 2 is 2.24 bits per heavy atom. The molecular weight excluding hydrogens is 230 g/mol. The Bertz CT molecular complexity index is 496. The largest absolute Gasteiger partial charge is 0.315 e. The van der Waals surface area contributed by atoms with Crippen LogP contribution in [-0.2, 0) is 6.54 Å². The molecule has 2 aromatic heterocycles. The molecule has 2 aromatic rings. The SMILES string of the molecule is CNCc1cc(-c2cn(C(C)C)nc2C)cs1. The van der Waals surface area contributed by atoms with Crippen LogP contribution < -0.4 is 5.32 Å². The first-order valence-electron chi connectivity index (χ1n) is 5.90. The fourth-order valence-corrected chi connectivity index (χ4v) is 2.71. The molecule has 0 amide bonds. The van der Waals surface area contributed by atoms with Crippen LogP contribution in [0.25, 0.3) is 11.1 Å². The predicted molar refractivity (Wildman–Crippen MR) is 73.4 cm³/mol. The minimum Gasteiger partial charge on any atom is -0.315 e. The summed E-state index contributed by atoms with van der Waals surface area (Å²) in [5.74, 6) is 0. The lowest BCUT2D eigenvalue weighted by molar-refractivity contribution is 0.529. The monoisotopic (exact) mass is 249 g/mol. The van der Waals surface area contributed by atoms with Crippen LogP contribution >= 0.6 is 11.3 Å². The van der Waals surface area contributed by atoms with Crippen LogP contribution in [0.5, 0.6) is 0 Å². The molecule has 2 heterocycles. The number of nitrogens with one attached hydrogen (secondary N) is 1. The standard InChI is InChI=1S/C13H19N3S/c1-9(2)16-7-13(10(3)15-16)11-5-12(6-14-4)17-8-11/h5,7-9,14H,6H2,1-4H3. The fourth-order valence-electron chi connectivity index (χ4n) is 1.82. The number of nitrogens with zero attached hydrogens (tertiary/aromatic N) is 2. The van der Waals surface area contributed by atoms with E-state index in [4.69, 9.17) is 0 Å². The highest BCUT2D eigenvalue weighted by Gasteiger charge is 2.10. The van der Waals surface area contributed by atoms with Crippen LogP contribution in [0.4, 0.5) is 0 Å². The van der Waals surface area contributed by atoms with Gasteiger partial charge in [-0.2, -0.15) is 5.10 Å². The summed E-state index contributed by atoms with van der Waals surface area (Å²) in [7, 11) is 1.97. The van der Waals surface area contributed by atoms with E-state index in [0.717, 1.165) is 12.2 Å². The predicted octanol–water partition coefficient (Wildman–Crippen LogP) is 3.22. The van der Waals surface area contributed by atoms with Gasteiger partial charge in [-0.3, -0.25) is 4.68 Å². The zero-order valence-electron chi connectivity index (χ0n) is 10.8. The highest BCUT2D eigenvalue weighted by atomic mass is 32.1. The Balaban J connectivity index is 2.31. The summed E-state index contributed by atoms with van der Waals surface area (Å²) in [6.45, 7) is 7.30. The maximum Gasteiger partial charge on any atom is 0.0672 e. The molecule has 1 N–H and O–H groups in total. The third-order valence-electron chi connectivity index (χ3n) is 2.76. The van der Waals surface area contributed by atoms with Crippen LogP contribution in [0.15, 0.2) is 17.6 Å². The molecule has 0 bridgehead atoms. The lowest BCUT2D eigenvalue weighted by Gasteiger charge is -2.02. The summed E-state index contributed by atoms with van der Waals surface area (Å²) in [5.41, 5.74) is 3.63. The molecule has 0 aliphatic carbocycles. The van der Waals surface area contributed by atoms with Crippen molar-refractivity contribution in [3.63, 3.8) is 0 Å². The lowest BCUT2D eigenvalue weighted by atomic mass is 10.1. The molecule has 92 valence electrons. The third-order valence-corrected chi connectivity index (χ3v) is 3.70. The van der Waals surface area contributed by atoms with E-state index in [0.29, 0.717) is 6.04 Å². The highest BCUT2D eigenvalue weighted by molar-refractivity contribution is 7.10. The van der Waals surface area contributed by atoms with E-state index in [9.17, 15) is 0 Å². The first-order chi connectivity index (χ1) is 8.11. The van der Waals surface area contributed by atoms with Gasteiger partial charge in [-0.05, 0) is 44.8 Å². The van der Waals surface area contributed by atoms with E-state index in [1.54, 1.807) is 11.3 Å². The van der Waals surface area contributed by atoms with Gasteiger partial charge in [0.2, 0.25) is 0 Å². The molecule has 0 radical (unpaired) electrons. The van der Waals surface area contributed by atoms with Crippen LogP contribution in [0.1, 0.15) is 30.5 Å². The van der Waals surface area contributed by atoms with Crippen LogP contribution in [0, 0.1) is 6.92 Å². The zero-order chi connectivity index (χ0) is 12.4. The minimum atomic E-state index is 0.415. The van der Waals surface area contributed by atoms with Crippen molar-refractivity contribution in [2.45, 2.75) is 33.4 Å². The molecule has 0 aromatic carbocycles. The molecule has 0 spiro atoms. The number of rotatable bonds is 4. The molecule has 0 saturated carbocycles. The van der Waals surface area contributed by atoms with Crippen LogP contribution in [0.3, 0.4) is 0 Å². The number of aryl methyl sites for hydroxylation is 1. The van der Waals surface area contributed by atoms with Gasteiger partial charge < -0.3 is 5.32 Å². The molecule has 0 saturated heterocycles. The van der Waals surface area contributed by atoms with Crippen LogP contribution in [-0.4, -0.2) is 16.8 Å². The van der Waals surface area contributed by atoms with Gasteiger partial charge in [-0.25, -0.2) is 0 Å². The van der Waals surface area contributed by atoms with Gasteiger partial charge in [0.15, 0.2) is 0 Å². The second-order valence-electron chi connectivity index (χ2n) is 4.53. The van der Waals surface area contributed by atoms with E-state index in [2.05, 4.69) is 48.8 Å². The summed E-state index contributed by atoms with van der Waals surface area (Å²) in [6.07, 6.45) is 2.14. The first-order valence-corrected chi connectivity index (χ1v) is 6.78. The maximum absolute atomic E-state index is 4.55. The average molecular weight is 249 g/mol. The summed E-state index contributed by atoms with van der Waals surface area (Å²) < 4.78 is 2.03. The molecule has 0 fully saturated rings. The van der Waals surface area contributed by atoms with Crippen molar-refractivity contribution in [2.75, 3.05) is 7.05 Å². The van der Waals surface area contributed by atoms with Gasteiger partial charge in [0, 0.05) is 29.2 Å². The quantitative estimate of drug-likeness (QED) is 0.901. The molecule has 17 heavy (non-hydrogen) atoms. The second kappa shape index (κ2) is 5.02. The Labute approximate surface area is 106 Å². The Morgan fingerprint density at radius 1 is 1.47 bits per heavy atom. The van der Waals surface area contributed by atoms with E-state index >= 15 is 0 Å². The molecule has 0 aliphatic heterocycles. The molecule has 0 atom stereocenters. The van der Waals surface area contributed by atoms with Gasteiger partial charge in [0.25, 0.3) is 0 Å². The number of hydrogen-bond acceptors (Lipinski definition) is 3. The first kappa shape index (κ1) is 12.3. The summed E-state index contributed by atoms with van der Waals surface area (Å²) in [6, 6.07) is 2.66. The van der Waals surface area contributed by atoms with Crippen molar-refractivity contribution in [3.05, 3.63) is 28.2 Å². The summed E-state index contributed by atoms with van der Waals surface area (Å²) in [4.78, 5) is 1.36. The Morgan fingerprint density at radius 3 is 2.82 bits per heavy atom. The Kier molecular flexibility index (Phi) is 3.64. The van der Waals surface area contributed by atoms with Gasteiger partial charge in [0.1, 0.15) is 0 Å². The topological polar surface area (TPSA) is 29.9 Å². The smallest absolute Gasteiger partial charge is 0.0672 e. The molecule has 3 nitrogen and oxygen atoms in total. The van der Waals surface area contributed by atoms with Gasteiger partial charge in [0.05, 0.1) is 5.69 Å². The molecular formula is C13H19N3S. The number of hydrogen-bond donors (Lipinski definition) is 1. The summed E-state index contributed by atoms with van der Waals surface area (Å²) in [5, 5.41) is 9.93. The minimum absolute atomic E-state index is 0.415. The van der Waals surface area contributed by atoms with Crippen molar-refractivity contribution in [3.8, 4) is 11.1 Å². The molecule has 2 rings (SSSR count). The van der Waals surface area contributed by atoms with E-state index in [1.807, 2.05) is 11.7 Å². The second-order valence-corrected chi connectivity index (χ2v) is 5.53. The van der Waals surface area contributed by atoms with Crippen molar-refractivity contribution in [2.24, 2.45) is 0 Å². The lowest BCUT2D eigenvalue weighted by Crippen LogP contribution is -2.02. The van der Waals surface area contributed by atoms with Gasteiger partial charge >= 0.3 is 0 Å². The van der Waals surface area contributed by atoms with Crippen molar-refractivity contribution >= 4 is 11.3 Å². The van der Waals surface area contributed by atoms with Crippen LogP contribution in [0.2, 0.25) is 0 Å². The van der Waals surface area contributed by atoms with Crippen molar-refractivity contribution < 1.29 is 0 Å². The van der Waals surface area contributed by atoms with Gasteiger partial charge in [-0.15, -0.1) is 11.3 Å². The molecule has 4 heteroatoms. The van der Waals surface area contributed by atoms with Gasteiger partial charge in [-0.1, -0.05) is 0 Å².